The normalized spacial score (nSPS) is 10.2. The molecule has 0 radical (unpaired) electrons. The van der Waals surface area contributed by atoms with E-state index < -0.39 is 0 Å². The van der Waals surface area contributed by atoms with Crippen LogP contribution in [0.1, 0.15) is 16.8 Å². The summed E-state index contributed by atoms with van der Waals surface area (Å²) >= 11 is 1.68. The Labute approximate surface area is 129 Å². The molecule has 0 saturated carbocycles. The van der Waals surface area contributed by atoms with Gasteiger partial charge in [-0.15, -0.1) is 0 Å². The highest BCUT2D eigenvalue weighted by Gasteiger charge is 2.14. The van der Waals surface area contributed by atoms with Gasteiger partial charge >= 0.3 is 0 Å². The molecule has 0 aliphatic heterocycles. The highest BCUT2D eigenvalue weighted by molar-refractivity contribution is 7.99. The van der Waals surface area contributed by atoms with E-state index in [0.717, 1.165) is 17.9 Å². The van der Waals surface area contributed by atoms with Crippen LogP contribution in [0.4, 0.5) is 5.69 Å². The Hall–Kier alpha value is -1.60. The molecule has 0 bridgehead atoms. The van der Waals surface area contributed by atoms with E-state index in [2.05, 4.69) is 5.32 Å². The minimum atomic E-state index is -0.240. The first-order chi connectivity index (χ1) is 10.1. The topological polar surface area (TPSA) is 93.8 Å². The number of hydrogen-bond donors (Lipinski definition) is 3. The van der Waals surface area contributed by atoms with Gasteiger partial charge in [0.2, 0.25) is 0 Å². The van der Waals surface area contributed by atoms with Crippen molar-refractivity contribution in [3.05, 3.63) is 17.7 Å². The Kier molecular flexibility index (Phi) is 7.78. The molecule has 1 amide bonds. The van der Waals surface area contributed by atoms with Crippen LogP contribution in [0.15, 0.2) is 12.1 Å². The monoisotopic (exact) mass is 314 g/mol. The molecule has 0 unspecified atom stereocenters. The second kappa shape index (κ2) is 9.36. The summed E-state index contributed by atoms with van der Waals surface area (Å²) in [6.07, 6.45) is 0.765. The van der Waals surface area contributed by atoms with Gasteiger partial charge in [-0.25, -0.2) is 0 Å². The lowest BCUT2D eigenvalue weighted by Crippen LogP contribution is -2.26. The van der Waals surface area contributed by atoms with E-state index in [4.69, 9.17) is 20.3 Å². The number of rotatable bonds is 9. The average Bonchev–Trinajstić information content (AvgIpc) is 2.50. The summed E-state index contributed by atoms with van der Waals surface area (Å²) in [7, 11) is 3.02. The van der Waals surface area contributed by atoms with Crippen molar-refractivity contribution in [2.24, 2.45) is 0 Å². The Morgan fingerprint density at radius 2 is 1.95 bits per heavy atom. The number of thioether (sulfide) groups is 1. The van der Waals surface area contributed by atoms with Crippen LogP contribution in [0, 0.1) is 0 Å². The molecule has 0 heterocycles. The molecule has 1 aromatic rings. The molecule has 4 N–H and O–H groups in total. The van der Waals surface area contributed by atoms with E-state index in [-0.39, 0.29) is 12.5 Å². The lowest BCUT2D eigenvalue weighted by molar-refractivity contribution is 0.0956. The fourth-order valence-electron chi connectivity index (χ4n) is 1.69. The molecule has 0 aliphatic carbocycles. The molecule has 21 heavy (non-hydrogen) atoms. The number of aliphatic hydroxyl groups excluding tert-OH is 1. The van der Waals surface area contributed by atoms with E-state index >= 15 is 0 Å². The maximum Gasteiger partial charge on any atom is 0.253 e. The molecule has 118 valence electrons. The number of nitrogen functional groups attached to an aromatic ring is 1. The quantitative estimate of drug-likeness (QED) is 0.467. The van der Waals surface area contributed by atoms with Gasteiger partial charge in [0.05, 0.1) is 19.8 Å². The van der Waals surface area contributed by atoms with Crippen molar-refractivity contribution in [3.8, 4) is 11.5 Å². The third-order valence-electron chi connectivity index (χ3n) is 2.78. The van der Waals surface area contributed by atoms with Crippen LogP contribution in [0.25, 0.3) is 0 Å². The number of hydrogen-bond acceptors (Lipinski definition) is 6. The van der Waals surface area contributed by atoms with Gasteiger partial charge in [-0.1, -0.05) is 0 Å². The van der Waals surface area contributed by atoms with E-state index in [1.807, 2.05) is 0 Å². The summed E-state index contributed by atoms with van der Waals surface area (Å²) in [5, 5.41) is 11.5. The summed E-state index contributed by atoms with van der Waals surface area (Å²) in [6, 6.07) is 3.14. The van der Waals surface area contributed by atoms with E-state index in [1.165, 1.54) is 14.2 Å². The van der Waals surface area contributed by atoms with Gasteiger partial charge in [-0.2, -0.15) is 11.8 Å². The number of anilines is 1. The number of aliphatic hydroxyl groups is 1. The van der Waals surface area contributed by atoms with Crippen molar-refractivity contribution in [1.82, 2.24) is 5.32 Å². The van der Waals surface area contributed by atoms with E-state index in [1.54, 1.807) is 23.9 Å². The molecule has 0 aliphatic rings. The van der Waals surface area contributed by atoms with Crippen LogP contribution in [0.3, 0.4) is 0 Å². The van der Waals surface area contributed by atoms with Crippen molar-refractivity contribution >= 4 is 23.4 Å². The first kappa shape index (κ1) is 17.5. The van der Waals surface area contributed by atoms with Gasteiger partial charge in [0.1, 0.15) is 0 Å². The van der Waals surface area contributed by atoms with Crippen LogP contribution in [0.5, 0.6) is 11.5 Å². The van der Waals surface area contributed by atoms with Crippen molar-refractivity contribution in [2.45, 2.75) is 6.42 Å². The number of benzene rings is 1. The second-order valence-electron chi connectivity index (χ2n) is 4.24. The minimum absolute atomic E-state index is 0.196. The van der Waals surface area contributed by atoms with Gasteiger partial charge < -0.3 is 25.6 Å². The predicted molar refractivity (Wildman–Crippen MR) is 85.3 cm³/mol. The van der Waals surface area contributed by atoms with E-state index in [9.17, 15) is 4.79 Å². The van der Waals surface area contributed by atoms with Crippen molar-refractivity contribution in [3.63, 3.8) is 0 Å². The zero-order valence-corrected chi connectivity index (χ0v) is 13.2. The summed E-state index contributed by atoms with van der Waals surface area (Å²) in [6.45, 7) is 0.740. The zero-order valence-electron chi connectivity index (χ0n) is 12.3. The Balaban J connectivity index is 2.57. The fourth-order valence-corrected chi connectivity index (χ4v) is 2.48. The van der Waals surface area contributed by atoms with Crippen molar-refractivity contribution < 1.29 is 19.4 Å². The summed E-state index contributed by atoms with van der Waals surface area (Å²) in [5.41, 5.74) is 6.58. The summed E-state index contributed by atoms with van der Waals surface area (Å²) in [5.74, 6) is 2.39. The largest absolute Gasteiger partial charge is 0.493 e. The third-order valence-corrected chi connectivity index (χ3v) is 3.85. The van der Waals surface area contributed by atoms with Gasteiger partial charge in [-0.05, 0) is 18.2 Å². The van der Waals surface area contributed by atoms with Crippen LogP contribution in [0.2, 0.25) is 0 Å². The highest BCUT2D eigenvalue weighted by atomic mass is 32.2. The fraction of sp³-hybridized carbons (Fsp3) is 0.500. The van der Waals surface area contributed by atoms with Crippen LogP contribution < -0.4 is 20.5 Å². The van der Waals surface area contributed by atoms with Crippen molar-refractivity contribution in [1.29, 1.82) is 0 Å². The number of amides is 1. The Morgan fingerprint density at radius 3 is 2.57 bits per heavy atom. The Bertz CT molecular complexity index is 469. The molecule has 0 spiro atoms. The Morgan fingerprint density at radius 1 is 1.29 bits per heavy atom. The number of carbonyl (C=O) groups excluding carboxylic acids is 1. The molecule has 1 rings (SSSR count). The number of methoxy groups -OCH3 is 2. The second-order valence-corrected chi connectivity index (χ2v) is 5.46. The number of ether oxygens (including phenoxy) is 2. The van der Waals surface area contributed by atoms with Crippen molar-refractivity contribution in [2.75, 3.05) is 44.6 Å². The molecular formula is C14H22N2O4S. The lowest BCUT2D eigenvalue weighted by Gasteiger charge is -2.12. The molecule has 0 atom stereocenters. The smallest absolute Gasteiger partial charge is 0.253 e. The van der Waals surface area contributed by atoms with Gasteiger partial charge in [0, 0.05) is 30.7 Å². The summed E-state index contributed by atoms with van der Waals surface area (Å²) in [4.78, 5) is 12.1. The maximum atomic E-state index is 12.1. The van der Waals surface area contributed by atoms with Crippen LogP contribution in [-0.2, 0) is 0 Å². The first-order valence-electron chi connectivity index (χ1n) is 6.62. The zero-order chi connectivity index (χ0) is 15.7. The molecule has 7 heteroatoms. The SMILES string of the molecule is COc1cc(N)c(C(=O)NCCSCCCO)cc1OC. The molecular weight excluding hydrogens is 292 g/mol. The minimum Gasteiger partial charge on any atom is -0.493 e. The van der Waals surface area contributed by atoms with Crippen LogP contribution >= 0.6 is 11.8 Å². The first-order valence-corrected chi connectivity index (χ1v) is 7.77. The molecule has 1 aromatic carbocycles. The predicted octanol–water partition coefficient (Wildman–Crippen LogP) is 1.13. The molecule has 0 saturated heterocycles. The lowest BCUT2D eigenvalue weighted by atomic mass is 10.1. The number of nitrogens with two attached hydrogens (primary N) is 1. The summed E-state index contributed by atoms with van der Waals surface area (Å²) < 4.78 is 10.3. The third kappa shape index (κ3) is 5.35. The van der Waals surface area contributed by atoms with Gasteiger partial charge in [0.25, 0.3) is 5.91 Å². The molecule has 6 nitrogen and oxygen atoms in total. The molecule has 0 fully saturated rings. The van der Waals surface area contributed by atoms with E-state index in [0.29, 0.717) is 29.3 Å². The van der Waals surface area contributed by atoms with Crippen LogP contribution in [-0.4, -0.2) is 49.9 Å². The standard InChI is InChI=1S/C14H22N2O4S/c1-19-12-8-10(11(15)9-13(12)20-2)14(18)16-4-7-21-6-3-5-17/h8-9,17H,3-7,15H2,1-2H3,(H,16,18). The number of carbonyl (C=O) groups is 1. The number of nitrogens with one attached hydrogen (secondary N) is 1. The van der Waals surface area contributed by atoms with Gasteiger partial charge in [0.15, 0.2) is 11.5 Å². The average molecular weight is 314 g/mol. The molecule has 0 aromatic heterocycles. The maximum absolute atomic E-state index is 12.1. The van der Waals surface area contributed by atoms with Gasteiger partial charge in [-0.3, -0.25) is 4.79 Å². The highest BCUT2D eigenvalue weighted by Crippen LogP contribution is 2.31.